The van der Waals surface area contributed by atoms with Crippen molar-refractivity contribution in [2.75, 3.05) is 19.6 Å². The van der Waals surface area contributed by atoms with E-state index in [0.29, 0.717) is 5.41 Å². The number of hydrogen-bond acceptors (Lipinski definition) is 2. The van der Waals surface area contributed by atoms with Gasteiger partial charge in [-0.25, -0.2) is 0 Å². The highest BCUT2D eigenvalue weighted by atomic mass is 15.1. The second-order valence-electron chi connectivity index (χ2n) is 6.10. The summed E-state index contributed by atoms with van der Waals surface area (Å²) in [7, 11) is 0. The minimum absolute atomic E-state index is 0.0000926. The predicted molar refractivity (Wildman–Crippen MR) is 74.3 cm³/mol. The summed E-state index contributed by atoms with van der Waals surface area (Å²) in [6.45, 7) is 7.75. The molecule has 0 aliphatic carbocycles. The minimum Gasteiger partial charge on any atom is -0.301 e. The maximum atomic E-state index is 9.36. The smallest absolute Gasteiger partial charge is 0.0839 e. The third-order valence-corrected chi connectivity index (χ3v) is 3.78. The van der Waals surface area contributed by atoms with Crippen LogP contribution in [0.2, 0.25) is 0 Å². The molecule has 2 heteroatoms. The van der Waals surface area contributed by atoms with E-state index < -0.39 is 0 Å². The fraction of sp³-hybridized carbons (Fsp3) is 0.562. The first-order chi connectivity index (χ1) is 8.61. The van der Waals surface area contributed by atoms with Gasteiger partial charge in [0.15, 0.2) is 0 Å². The van der Waals surface area contributed by atoms with Gasteiger partial charge in [-0.05, 0) is 30.4 Å². The van der Waals surface area contributed by atoms with Gasteiger partial charge in [0, 0.05) is 13.1 Å². The molecule has 0 bridgehead atoms. The molecule has 2 rings (SSSR count). The molecular weight excluding hydrogens is 220 g/mol. The van der Waals surface area contributed by atoms with Gasteiger partial charge in [-0.3, -0.25) is 0 Å². The van der Waals surface area contributed by atoms with Crippen molar-refractivity contribution in [1.29, 1.82) is 5.26 Å². The highest BCUT2D eigenvalue weighted by Crippen LogP contribution is 2.29. The minimum atomic E-state index is 0.0000926. The Morgan fingerprint density at radius 2 is 2.06 bits per heavy atom. The highest BCUT2D eigenvalue weighted by molar-refractivity contribution is 5.25. The molecule has 0 N–H and O–H groups in total. The van der Waals surface area contributed by atoms with E-state index in [9.17, 15) is 5.26 Å². The van der Waals surface area contributed by atoms with Crippen molar-refractivity contribution in [2.24, 2.45) is 5.41 Å². The topological polar surface area (TPSA) is 27.0 Å². The summed E-state index contributed by atoms with van der Waals surface area (Å²) in [5, 5.41) is 9.36. The first kappa shape index (κ1) is 13.1. The Kier molecular flexibility index (Phi) is 4.04. The Morgan fingerprint density at radius 3 is 2.67 bits per heavy atom. The maximum Gasteiger partial charge on any atom is 0.0839 e. The summed E-state index contributed by atoms with van der Waals surface area (Å²) < 4.78 is 0. The van der Waals surface area contributed by atoms with Gasteiger partial charge in [-0.2, -0.15) is 5.26 Å². The van der Waals surface area contributed by atoms with Gasteiger partial charge < -0.3 is 4.90 Å². The Balaban J connectivity index is 2.01. The van der Waals surface area contributed by atoms with Crippen LogP contribution < -0.4 is 0 Å². The lowest BCUT2D eigenvalue weighted by molar-refractivity contribution is 0.116. The van der Waals surface area contributed by atoms with Crippen LogP contribution in [0, 0.1) is 16.7 Å². The average molecular weight is 242 g/mol. The van der Waals surface area contributed by atoms with Crippen molar-refractivity contribution in [3.8, 4) is 6.07 Å². The fourth-order valence-electron chi connectivity index (χ4n) is 2.86. The number of piperidine rings is 1. The molecule has 96 valence electrons. The van der Waals surface area contributed by atoms with Crippen molar-refractivity contribution in [2.45, 2.75) is 32.6 Å². The molecule has 0 saturated carbocycles. The molecule has 1 saturated heterocycles. The monoisotopic (exact) mass is 242 g/mol. The molecule has 1 unspecified atom stereocenters. The van der Waals surface area contributed by atoms with E-state index in [1.54, 1.807) is 0 Å². The van der Waals surface area contributed by atoms with E-state index >= 15 is 0 Å². The maximum absolute atomic E-state index is 9.36. The van der Waals surface area contributed by atoms with Gasteiger partial charge in [-0.15, -0.1) is 0 Å². The van der Waals surface area contributed by atoms with Gasteiger partial charge in [0.05, 0.1) is 12.0 Å². The summed E-state index contributed by atoms with van der Waals surface area (Å²) in [5.74, 6) is 0.0000926. The Morgan fingerprint density at radius 1 is 1.33 bits per heavy atom. The van der Waals surface area contributed by atoms with E-state index in [1.807, 2.05) is 18.2 Å². The SMILES string of the molecule is CC1(C)CCCN(CC(C#N)c2ccccc2)C1. The lowest BCUT2D eigenvalue weighted by Gasteiger charge is -2.38. The predicted octanol–water partition coefficient (Wildman–Crippen LogP) is 3.42. The first-order valence-electron chi connectivity index (χ1n) is 6.78. The third kappa shape index (κ3) is 3.34. The number of nitrogens with zero attached hydrogens (tertiary/aromatic N) is 2. The molecule has 2 nitrogen and oxygen atoms in total. The molecule has 0 aromatic heterocycles. The number of benzene rings is 1. The van der Waals surface area contributed by atoms with Crippen LogP contribution in [0.1, 0.15) is 38.2 Å². The Bertz CT molecular complexity index is 416. The van der Waals surface area contributed by atoms with Crippen LogP contribution in [-0.4, -0.2) is 24.5 Å². The van der Waals surface area contributed by atoms with Gasteiger partial charge in [0.2, 0.25) is 0 Å². The van der Waals surface area contributed by atoms with E-state index in [2.05, 4.69) is 36.9 Å². The quantitative estimate of drug-likeness (QED) is 0.812. The molecule has 1 aromatic rings. The molecular formula is C16H22N2. The Labute approximate surface area is 110 Å². The zero-order valence-corrected chi connectivity index (χ0v) is 11.4. The molecule has 0 radical (unpaired) electrons. The number of likely N-dealkylation sites (tertiary alicyclic amines) is 1. The van der Waals surface area contributed by atoms with Crippen molar-refractivity contribution < 1.29 is 0 Å². The van der Waals surface area contributed by atoms with Gasteiger partial charge >= 0.3 is 0 Å². The van der Waals surface area contributed by atoms with E-state index in [4.69, 9.17) is 0 Å². The fourth-order valence-corrected chi connectivity index (χ4v) is 2.86. The molecule has 1 heterocycles. The van der Waals surface area contributed by atoms with E-state index in [1.165, 1.54) is 12.8 Å². The summed E-state index contributed by atoms with van der Waals surface area (Å²) in [4.78, 5) is 2.45. The summed E-state index contributed by atoms with van der Waals surface area (Å²) in [6.07, 6.45) is 2.55. The average Bonchev–Trinajstić information content (AvgIpc) is 2.36. The summed E-state index contributed by atoms with van der Waals surface area (Å²) in [6, 6.07) is 12.6. The second kappa shape index (κ2) is 5.54. The van der Waals surface area contributed by atoms with Crippen LogP contribution in [0.4, 0.5) is 0 Å². The normalized spacial score (nSPS) is 21.2. The van der Waals surface area contributed by atoms with E-state index in [0.717, 1.165) is 25.2 Å². The molecule has 1 aliphatic heterocycles. The van der Waals surface area contributed by atoms with Crippen molar-refractivity contribution in [3.63, 3.8) is 0 Å². The molecule has 1 fully saturated rings. The van der Waals surface area contributed by atoms with Crippen LogP contribution in [-0.2, 0) is 0 Å². The molecule has 1 aromatic carbocycles. The van der Waals surface area contributed by atoms with Crippen LogP contribution in [0.5, 0.6) is 0 Å². The van der Waals surface area contributed by atoms with Gasteiger partial charge in [0.1, 0.15) is 0 Å². The van der Waals surface area contributed by atoms with Crippen molar-refractivity contribution >= 4 is 0 Å². The number of nitriles is 1. The lowest BCUT2D eigenvalue weighted by Crippen LogP contribution is -2.41. The first-order valence-corrected chi connectivity index (χ1v) is 6.78. The summed E-state index contributed by atoms with van der Waals surface area (Å²) in [5.41, 5.74) is 1.54. The molecule has 18 heavy (non-hydrogen) atoms. The van der Waals surface area contributed by atoms with Gasteiger partial charge in [0.25, 0.3) is 0 Å². The standard InChI is InChI=1S/C16H22N2/c1-16(2)9-6-10-18(13-16)12-15(11-17)14-7-4-3-5-8-14/h3-5,7-8,15H,6,9-10,12-13H2,1-2H3. The number of rotatable bonds is 3. The highest BCUT2D eigenvalue weighted by Gasteiger charge is 2.27. The lowest BCUT2D eigenvalue weighted by atomic mass is 9.83. The van der Waals surface area contributed by atoms with E-state index in [-0.39, 0.29) is 5.92 Å². The molecule has 0 spiro atoms. The van der Waals surface area contributed by atoms with Crippen LogP contribution in [0.25, 0.3) is 0 Å². The Hall–Kier alpha value is -1.33. The molecule has 0 amide bonds. The van der Waals surface area contributed by atoms with Crippen LogP contribution >= 0.6 is 0 Å². The molecule has 1 atom stereocenters. The van der Waals surface area contributed by atoms with Crippen LogP contribution in [0.15, 0.2) is 30.3 Å². The third-order valence-electron chi connectivity index (χ3n) is 3.78. The van der Waals surface area contributed by atoms with Gasteiger partial charge in [-0.1, -0.05) is 44.2 Å². The zero-order chi connectivity index (χ0) is 13.0. The van der Waals surface area contributed by atoms with Crippen molar-refractivity contribution in [3.05, 3.63) is 35.9 Å². The zero-order valence-electron chi connectivity index (χ0n) is 11.4. The largest absolute Gasteiger partial charge is 0.301 e. The molecule has 1 aliphatic rings. The van der Waals surface area contributed by atoms with Crippen LogP contribution in [0.3, 0.4) is 0 Å². The number of hydrogen-bond donors (Lipinski definition) is 0. The second-order valence-corrected chi connectivity index (χ2v) is 6.10. The summed E-state index contributed by atoms with van der Waals surface area (Å²) >= 11 is 0. The van der Waals surface area contributed by atoms with Crippen molar-refractivity contribution in [1.82, 2.24) is 4.90 Å².